The molecule has 0 bridgehead atoms. The van der Waals surface area contributed by atoms with E-state index in [-0.39, 0.29) is 0 Å². The third-order valence-corrected chi connectivity index (χ3v) is 5.21. The first kappa shape index (κ1) is 16.0. The molecule has 0 N–H and O–H groups in total. The molecular formula is C20H27N3. The second-order valence-electron chi connectivity index (χ2n) is 6.75. The highest BCUT2D eigenvalue weighted by atomic mass is 15.3. The number of aromatic nitrogens is 2. The van der Waals surface area contributed by atoms with Crippen molar-refractivity contribution < 1.29 is 0 Å². The molecule has 0 radical (unpaired) electrons. The van der Waals surface area contributed by atoms with Crippen LogP contribution < -0.4 is 4.90 Å². The average Bonchev–Trinajstić information content (AvgIpc) is 2.60. The summed E-state index contributed by atoms with van der Waals surface area (Å²) in [6, 6.07) is 10.5. The molecule has 1 aliphatic heterocycles. The summed E-state index contributed by atoms with van der Waals surface area (Å²) in [5, 5.41) is 9.17. The normalized spacial score (nSPS) is 18.2. The van der Waals surface area contributed by atoms with E-state index in [0.29, 0.717) is 0 Å². The van der Waals surface area contributed by atoms with Gasteiger partial charge < -0.3 is 4.90 Å². The summed E-state index contributed by atoms with van der Waals surface area (Å²) in [6.07, 6.45) is 4.74. The molecule has 1 aromatic carbocycles. The van der Waals surface area contributed by atoms with Gasteiger partial charge in [0.15, 0.2) is 5.82 Å². The zero-order chi connectivity index (χ0) is 16.2. The van der Waals surface area contributed by atoms with Crippen molar-refractivity contribution in [1.29, 1.82) is 0 Å². The van der Waals surface area contributed by atoms with Gasteiger partial charge in [-0.15, -0.1) is 5.10 Å². The molecule has 1 saturated heterocycles. The Kier molecular flexibility index (Phi) is 4.94. The average molecular weight is 309 g/mol. The zero-order valence-corrected chi connectivity index (χ0v) is 14.5. The van der Waals surface area contributed by atoms with Crippen LogP contribution in [0, 0.1) is 19.8 Å². The molecule has 2 aromatic rings. The van der Waals surface area contributed by atoms with Crippen LogP contribution in [0.5, 0.6) is 0 Å². The van der Waals surface area contributed by atoms with E-state index >= 15 is 0 Å². The summed E-state index contributed by atoms with van der Waals surface area (Å²) in [5.74, 6) is 1.90. The van der Waals surface area contributed by atoms with Crippen molar-refractivity contribution in [2.75, 3.05) is 18.0 Å². The van der Waals surface area contributed by atoms with Crippen molar-refractivity contribution in [3.8, 4) is 0 Å². The summed E-state index contributed by atoms with van der Waals surface area (Å²) in [6.45, 7) is 8.92. The van der Waals surface area contributed by atoms with Crippen molar-refractivity contribution in [2.24, 2.45) is 5.92 Å². The van der Waals surface area contributed by atoms with Crippen LogP contribution in [0.1, 0.15) is 48.6 Å². The third kappa shape index (κ3) is 3.54. The minimum atomic E-state index is 0.800. The highest BCUT2D eigenvalue weighted by Crippen LogP contribution is 2.28. The SMILES string of the molecule is CC[C@H]1CCCN(c2nnc(Cc3ccccc3)c(C)c2C)C1. The molecule has 3 rings (SSSR count). The molecule has 2 heterocycles. The molecule has 0 spiro atoms. The molecule has 122 valence electrons. The molecular weight excluding hydrogens is 282 g/mol. The van der Waals surface area contributed by atoms with Crippen molar-refractivity contribution in [3.63, 3.8) is 0 Å². The molecule has 1 atom stereocenters. The summed E-state index contributed by atoms with van der Waals surface area (Å²) in [4.78, 5) is 2.44. The Hall–Kier alpha value is -1.90. The lowest BCUT2D eigenvalue weighted by atomic mass is 9.95. The van der Waals surface area contributed by atoms with E-state index < -0.39 is 0 Å². The molecule has 23 heavy (non-hydrogen) atoms. The maximum Gasteiger partial charge on any atom is 0.154 e. The van der Waals surface area contributed by atoms with Gasteiger partial charge >= 0.3 is 0 Å². The van der Waals surface area contributed by atoms with Crippen molar-refractivity contribution in [2.45, 2.75) is 46.5 Å². The van der Waals surface area contributed by atoms with Gasteiger partial charge in [0.05, 0.1) is 5.69 Å². The molecule has 1 fully saturated rings. The maximum atomic E-state index is 4.60. The predicted octanol–water partition coefficient (Wildman–Crippen LogP) is 4.31. The molecule has 0 saturated carbocycles. The van der Waals surface area contributed by atoms with Crippen LogP contribution in [-0.2, 0) is 6.42 Å². The van der Waals surface area contributed by atoms with E-state index in [1.807, 2.05) is 0 Å². The Morgan fingerprint density at radius 3 is 2.61 bits per heavy atom. The zero-order valence-electron chi connectivity index (χ0n) is 14.5. The van der Waals surface area contributed by atoms with Gasteiger partial charge in [-0.25, -0.2) is 0 Å². The van der Waals surface area contributed by atoms with Gasteiger partial charge in [0, 0.05) is 19.5 Å². The number of piperidine rings is 1. The lowest BCUT2D eigenvalue weighted by Crippen LogP contribution is -2.36. The fourth-order valence-electron chi connectivity index (χ4n) is 3.49. The van der Waals surface area contributed by atoms with Crippen LogP contribution in [0.25, 0.3) is 0 Å². The first-order chi connectivity index (χ1) is 11.2. The fraction of sp³-hybridized carbons (Fsp3) is 0.500. The second kappa shape index (κ2) is 7.12. The fourth-order valence-corrected chi connectivity index (χ4v) is 3.49. The van der Waals surface area contributed by atoms with E-state index in [9.17, 15) is 0 Å². The highest BCUT2D eigenvalue weighted by molar-refractivity contribution is 5.50. The number of anilines is 1. The van der Waals surface area contributed by atoms with Crippen LogP contribution >= 0.6 is 0 Å². The minimum Gasteiger partial charge on any atom is -0.355 e. The van der Waals surface area contributed by atoms with Gasteiger partial charge in [-0.3, -0.25) is 0 Å². The monoisotopic (exact) mass is 309 g/mol. The van der Waals surface area contributed by atoms with Crippen LogP contribution in [0.4, 0.5) is 5.82 Å². The van der Waals surface area contributed by atoms with Crippen molar-refractivity contribution in [1.82, 2.24) is 10.2 Å². The van der Waals surface area contributed by atoms with Gasteiger partial charge in [0.25, 0.3) is 0 Å². The van der Waals surface area contributed by atoms with Gasteiger partial charge in [-0.05, 0) is 49.3 Å². The smallest absolute Gasteiger partial charge is 0.154 e. The molecule has 1 aromatic heterocycles. The first-order valence-corrected chi connectivity index (χ1v) is 8.80. The Bertz CT molecular complexity index is 651. The number of hydrogen-bond acceptors (Lipinski definition) is 3. The predicted molar refractivity (Wildman–Crippen MR) is 96.0 cm³/mol. The lowest BCUT2D eigenvalue weighted by Gasteiger charge is -2.34. The Labute approximate surface area is 139 Å². The van der Waals surface area contributed by atoms with Gasteiger partial charge in [0.1, 0.15) is 0 Å². The third-order valence-electron chi connectivity index (χ3n) is 5.21. The van der Waals surface area contributed by atoms with E-state index in [1.165, 1.54) is 36.0 Å². The van der Waals surface area contributed by atoms with E-state index in [1.54, 1.807) is 0 Å². The number of rotatable bonds is 4. The largest absolute Gasteiger partial charge is 0.355 e. The summed E-state index contributed by atoms with van der Waals surface area (Å²) in [5.41, 5.74) is 4.97. The van der Waals surface area contributed by atoms with Crippen LogP contribution in [0.15, 0.2) is 30.3 Å². The van der Waals surface area contributed by atoms with Crippen LogP contribution in [0.2, 0.25) is 0 Å². The minimum absolute atomic E-state index is 0.800. The second-order valence-corrected chi connectivity index (χ2v) is 6.75. The Morgan fingerprint density at radius 2 is 1.87 bits per heavy atom. The standard InChI is InChI=1S/C20H27N3/c1-4-17-11-8-12-23(14-17)20-16(3)15(2)19(21-22-20)13-18-9-6-5-7-10-18/h5-7,9-10,17H,4,8,11-14H2,1-3H3/t17-/m0/s1. The molecule has 3 nitrogen and oxygen atoms in total. The topological polar surface area (TPSA) is 29.0 Å². The van der Waals surface area contributed by atoms with E-state index in [4.69, 9.17) is 0 Å². The quantitative estimate of drug-likeness (QED) is 0.842. The van der Waals surface area contributed by atoms with Gasteiger partial charge in [0.2, 0.25) is 0 Å². The van der Waals surface area contributed by atoms with Crippen molar-refractivity contribution in [3.05, 3.63) is 52.7 Å². The van der Waals surface area contributed by atoms with Gasteiger partial charge in [-0.1, -0.05) is 43.7 Å². The lowest BCUT2D eigenvalue weighted by molar-refractivity contribution is 0.402. The summed E-state index contributed by atoms with van der Waals surface area (Å²) >= 11 is 0. The summed E-state index contributed by atoms with van der Waals surface area (Å²) in [7, 11) is 0. The van der Waals surface area contributed by atoms with Crippen molar-refractivity contribution >= 4 is 5.82 Å². The van der Waals surface area contributed by atoms with Crippen LogP contribution in [0.3, 0.4) is 0 Å². The maximum absolute atomic E-state index is 4.60. The van der Waals surface area contributed by atoms with Gasteiger partial charge in [-0.2, -0.15) is 5.10 Å². The number of nitrogens with zero attached hydrogens (tertiary/aromatic N) is 3. The van der Waals surface area contributed by atoms with Crippen LogP contribution in [-0.4, -0.2) is 23.3 Å². The van der Waals surface area contributed by atoms with E-state index in [0.717, 1.165) is 36.9 Å². The molecule has 0 aliphatic carbocycles. The Morgan fingerprint density at radius 1 is 1.09 bits per heavy atom. The molecule has 1 aliphatic rings. The summed E-state index contributed by atoms with van der Waals surface area (Å²) < 4.78 is 0. The number of hydrogen-bond donors (Lipinski definition) is 0. The number of benzene rings is 1. The molecule has 3 heteroatoms. The Balaban J connectivity index is 1.83. The molecule has 0 amide bonds. The highest BCUT2D eigenvalue weighted by Gasteiger charge is 2.22. The first-order valence-electron chi connectivity index (χ1n) is 8.80. The van der Waals surface area contributed by atoms with E-state index in [2.05, 4.69) is 66.2 Å². The molecule has 0 unspecified atom stereocenters.